The van der Waals surface area contributed by atoms with E-state index < -0.39 is 12.1 Å². The van der Waals surface area contributed by atoms with Crippen LogP contribution in [0.3, 0.4) is 0 Å². The number of aliphatic hydroxyl groups is 2. The number of carbonyl (C=O) groups is 2. The third kappa shape index (κ3) is 57.6. The van der Waals surface area contributed by atoms with E-state index in [-0.39, 0.29) is 18.5 Å². The van der Waals surface area contributed by atoms with Crippen molar-refractivity contribution < 1.29 is 24.5 Å². The molecule has 1 amide bonds. The highest BCUT2D eigenvalue weighted by Gasteiger charge is 2.18. The lowest BCUT2D eigenvalue weighted by atomic mass is 10.0. The maximum absolute atomic E-state index is 12.4. The van der Waals surface area contributed by atoms with E-state index in [1.54, 1.807) is 6.08 Å². The first-order valence-corrected chi connectivity index (χ1v) is 32.6. The quantitative estimate of drug-likeness (QED) is 0.0320. The summed E-state index contributed by atoms with van der Waals surface area (Å²) < 4.78 is 5.49. The number of amides is 1. The zero-order valence-electron chi connectivity index (χ0n) is 48.7. The molecule has 2 atom stereocenters. The first-order valence-electron chi connectivity index (χ1n) is 32.6. The van der Waals surface area contributed by atoms with E-state index in [2.05, 4.69) is 31.3 Å². The predicted octanol–water partition coefficient (Wildman–Crippen LogP) is 20.6. The van der Waals surface area contributed by atoms with Crippen molar-refractivity contribution in [2.45, 2.75) is 373 Å². The zero-order valence-corrected chi connectivity index (χ0v) is 48.7. The van der Waals surface area contributed by atoms with Crippen molar-refractivity contribution in [3.05, 3.63) is 24.3 Å². The van der Waals surface area contributed by atoms with Gasteiger partial charge in [-0.25, -0.2) is 0 Å². The lowest BCUT2D eigenvalue weighted by Gasteiger charge is -2.20. The molecule has 0 aromatic carbocycles. The minimum Gasteiger partial charge on any atom is -0.466 e. The van der Waals surface area contributed by atoms with Crippen LogP contribution < -0.4 is 5.32 Å². The van der Waals surface area contributed by atoms with Gasteiger partial charge in [-0.2, -0.15) is 0 Å². The molecule has 3 N–H and O–H groups in total. The lowest BCUT2D eigenvalue weighted by Crippen LogP contribution is -2.45. The molecule has 0 aromatic heterocycles. The van der Waals surface area contributed by atoms with Crippen LogP contribution in [0.15, 0.2) is 24.3 Å². The summed E-state index contributed by atoms with van der Waals surface area (Å²) in [5.74, 6) is -0.0535. The van der Waals surface area contributed by atoms with Crippen LogP contribution in [0.4, 0.5) is 0 Å². The molecule has 0 spiro atoms. The maximum atomic E-state index is 12.4. The number of allylic oxidation sites excluding steroid dienone is 3. The second kappa shape index (κ2) is 61.9. The molecule has 6 nitrogen and oxygen atoms in total. The second-order valence-electron chi connectivity index (χ2n) is 22.5. The van der Waals surface area contributed by atoms with E-state index in [0.29, 0.717) is 19.4 Å². The van der Waals surface area contributed by atoms with Crippen LogP contribution in [0, 0.1) is 0 Å². The minimum atomic E-state index is -0.840. The number of hydrogen-bond acceptors (Lipinski definition) is 5. The van der Waals surface area contributed by atoms with Gasteiger partial charge in [-0.1, -0.05) is 314 Å². The third-order valence-corrected chi connectivity index (χ3v) is 15.2. The number of esters is 1. The van der Waals surface area contributed by atoms with E-state index >= 15 is 0 Å². The molecular weight excluding hydrogens is 887 g/mol. The van der Waals surface area contributed by atoms with Crippen molar-refractivity contribution in [2.75, 3.05) is 13.2 Å². The summed E-state index contributed by atoms with van der Waals surface area (Å²) in [6.07, 6.45) is 76.7. The largest absolute Gasteiger partial charge is 0.466 e. The standard InChI is InChI=1S/C66H127NO5/c1-3-5-7-9-11-13-15-16-17-33-36-40-44-48-52-56-60-66(71)72-61-57-53-49-45-41-37-34-31-29-27-25-23-21-19-18-20-22-24-26-28-30-32-35-39-43-47-51-55-59-65(70)67-63(62-68)64(69)58-54-50-46-42-38-14-12-10-8-6-4-2/h17,33,54,58,63-64,68-69H,3-16,18-32,34-53,55-57,59-62H2,1-2H3,(H,67,70)/b33-17-,58-54+. The molecule has 72 heavy (non-hydrogen) atoms. The molecule has 6 heteroatoms. The SMILES string of the molecule is CCCCCCCCC/C=C\CCCCCCCC(=O)OCCCCCCCCCCCCCCCCCCCCCCCCCCCCCCC(=O)NC(CO)C(O)/C=C/CCCCCCCCCCC. The topological polar surface area (TPSA) is 95.9 Å². The Bertz CT molecular complexity index is 1120. The van der Waals surface area contributed by atoms with Gasteiger partial charge in [0, 0.05) is 12.8 Å². The van der Waals surface area contributed by atoms with E-state index in [1.807, 2.05) is 6.08 Å². The average Bonchev–Trinajstić information content (AvgIpc) is 3.38. The van der Waals surface area contributed by atoms with Crippen molar-refractivity contribution >= 4 is 11.9 Å². The van der Waals surface area contributed by atoms with Gasteiger partial charge >= 0.3 is 5.97 Å². The number of hydrogen-bond donors (Lipinski definition) is 3. The number of nitrogens with one attached hydrogen (secondary N) is 1. The first-order chi connectivity index (χ1) is 35.5. The molecule has 0 bridgehead atoms. The first kappa shape index (κ1) is 70.3. The van der Waals surface area contributed by atoms with Crippen LogP contribution in [-0.2, 0) is 14.3 Å². The van der Waals surface area contributed by atoms with Gasteiger partial charge in [-0.15, -0.1) is 0 Å². The van der Waals surface area contributed by atoms with Crippen molar-refractivity contribution in [1.29, 1.82) is 0 Å². The number of aliphatic hydroxyl groups excluding tert-OH is 2. The zero-order chi connectivity index (χ0) is 52.2. The molecule has 0 aliphatic carbocycles. The van der Waals surface area contributed by atoms with Crippen LogP contribution in [0.1, 0.15) is 361 Å². The minimum absolute atomic E-state index is 0.0114. The van der Waals surface area contributed by atoms with E-state index in [0.717, 1.165) is 44.9 Å². The van der Waals surface area contributed by atoms with Crippen molar-refractivity contribution in [2.24, 2.45) is 0 Å². The normalized spacial score (nSPS) is 12.7. The molecule has 0 aliphatic heterocycles. The monoisotopic (exact) mass is 1010 g/mol. The van der Waals surface area contributed by atoms with Crippen molar-refractivity contribution in [1.82, 2.24) is 5.32 Å². The maximum Gasteiger partial charge on any atom is 0.305 e. The molecule has 0 saturated carbocycles. The Labute approximate surface area is 450 Å². The molecule has 0 radical (unpaired) electrons. The number of unbranched alkanes of at least 4 members (excludes halogenated alkanes) is 48. The van der Waals surface area contributed by atoms with Crippen LogP contribution in [0.25, 0.3) is 0 Å². The van der Waals surface area contributed by atoms with Crippen LogP contribution in [0.2, 0.25) is 0 Å². The van der Waals surface area contributed by atoms with Gasteiger partial charge in [0.05, 0.1) is 25.4 Å². The molecule has 0 saturated heterocycles. The van der Waals surface area contributed by atoms with E-state index in [1.165, 1.54) is 289 Å². The van der Waals surface area contributed by atoms with Crippen molar-refractivity contribution in [3.8, 4) is 0 Å². The highest BCUT2D eigenvalue weighted by atomic mass is 16.5. The summed E-state index contributed by atoms with van der Waals surface area (Å²) in [5, 5.41) is 23.0. The highest BCUT2D eigenvalue weighted by molar-refractivity contribution is 5.76. The Balaban J connectivity index is 3.33. The summed E-state index contributed by atoms with van der Waals surface area (Å²) in [6, 6.07) is -0.623. The highest BCUT2D eigenvalue weighted by Crippen LogP contribution is 2.18. The summed E-state index contributed by atoms with van der Waals surface area (Å²) in [7, 11) is 0. The molecule has 0 heterocycles. The predicted molar refractivity (Wildman–Crippen MR) is 315 cm³/mol. The summed E-state index contributed by atoms with van der Waals surface area (Å²) in [5.41, 5.74) is 0. The number of ether oxygens (including phenoxy) is 1. The number of carbonyl (C=O) groups excluding carboxylic acids is 2. The number of rotatable bonds is 61. The fourth-order valence-electron chi connectivity index (χ4n) is 10.2. The smallest absolute Gasteiger partial charge is 0.305 e. The summed E-state index contributed by atoms with van der Waals surface area (Å²) in [4.78, 5) is 24.5. The van der Waals surface area contributed by atoms with Crippen LogP contribution >= 0.6 is 0 Å². The molecular formula is C66H127NO5. The Hall–Kier alpha value is -1.66. The molecule has 2 unspecified atom stereocenters. The van der Waals surface area contributed by atoms with Gasteiger partial charge in [0.2, 0.25) is 5.91 Å². The molecule has 0 aliphatic rings. The van der Waals surface area contributed by atoms with Gasteiger partial charge in [0.25, 0.3) is 0 Å². The molecule has 0 fully saturated rings. The van der Waals surface area contributed by atoms with Crippen LogP contribution in [-0.4, -0.2) is 47.4 Å². The van der Waals surface area contributed by atoms with Gasteiger partial charge in [-0.05, 0) is 57.8 Å². The van der Waals surface area contributed by atoms with Gasteiger partial charge in [-0.3, -0.25) is 9.59 Å². The van der Waals surface area contributed by atoms with Gasteiger partial charge in [0.1, 0.15) is 0 Å². The van der Waals surface area contributed by atoms with Gasteiger partial charge in [0.15, 0.2) is 0 Å². The Kier molecular flexibility index (Phi) is 60.5. The molecule has 0 rings (SSSR count). The molecule has 0 aromatic rings. The lowest BCUT2D eigenvalue weighted by molar-refractivity contribution is -0.143. The molecule has 426 valence electrons. The third-order valence-electron chi connectivity index (χ3n) is 15.2. The van der Waals surface area contributed by atoms with E-state index in [4.69, 9.17) is 4.74 Å². The van der Waals surface area contributed by atoms with Crippen LogP contribution in [0.5, 0.6) is 0 Å². The Morgan fingerprint density at radius 2 is 0.653 bits per heavy atom. The van der Waals surface area contributed by atoms with Crippen molar-refractivity contribution in [3.63, 3.8) is 0 Å². The second-order valence-corrected chi connectivity index (χ2v) is 22.5. The Morgan fingerprint density at radius 1 is 0.375 bits per heavy atom. The fraction of sp³-hybridized carbons (Fsp3) is 0.909. The van der Waals surface area contributed by atoms with E-state index in [9.17, 15) is 19.8 Å². The average molecular weight is 1010 g/mol. The Morgan fingerprint density at radius 3 is 0.986 bits per heavy atom. The van der Waals surface area contributed by atoms with Gasteiger partial charge < -0.3 is 20.3 Å². The summed E-state index contributed by atoms with van der Waals surface area (Å²) >= 11 is 0. The summed E-state index contributed by atoms with van der Waals surface area (Å²) in [6.45, 7) is 4.91. The fourth-order valence-corrected chi connectivity index (χ4v) is 10.2.